The summed E-state index contributed by atoms with van der Waals surface area (Å²) >= 11 is 0. The van der Waals surface area contributed by atoms with Crippen LogP contribution < -0.4 is 5.32 Å². The summed E-state index contributed by atoms with van der Waals surface area (Å²) in [7, 11) is 0. The van der Waals surface area contributed by atoms with Gasteiger partial charge in [0.05, 0.1) is 18.4 Å². The van der Waals surface area contributed by atoms with Crippen molar-refractivity contribution in [2.45, 2.75) is 76.4 Å². The number of Topliss-reactive ketones (excluding diaryl/α,β-unsaturated/α-hetero) is 1. The van der Waals surface area contributed by atoms with Crippen LogP contribution in [0.3, 0.4) is 0 Å². The molecule has 23 heavy (non-hydrogen) atoms. The molecule has 0 aromatic carbocycles. The molecule has 2 unspecified atom stereocenters. The number of amides is 1. The van der Waals surface area contributed by atoms with Crippen molar-refractivity contribution in [2.24, 2.45) is 11.8 Å². The average Bonchev–Trinajstić information content (AvgIpc) is 2.53. The maximum atomic E-state index is 12.3. The normalized spacial score (nSPS) is 31.3. The lowest BCUT2D eigenvalue weighted by Gasteiger charge is -2.32. The molecule has 2 atom stereocenters. The minimum Gasteiger partial charge on any atom is -0.481 e. The number of rotatable bonds is 6. The van der Waals surface area contributed by atoms with Crippen LogP contribution in [0.4, 0.5) is 0 Å². The molecule has 0 spiro atoms. The summed E-state index contributed by atoms with van der Waals surface area (Å²) in [6.45, 7) is 0. The Bertz CT molecular complexity index is 442. The number of aliphatic hydroxyl groups is 1. The predicted octanol–water partition coefficient (Wildman–Crippen LogP) is 1.65. The highest BCUT2D eigenvalue weighted by Crippen LogP contribution is 2.28. The fraction of sp³-hybridized carbons (Fsp3) is 0.824. The molecular weight excluding hydrogens is 298 g/mol. The Morgan fingerprint density at radius 1 is 0.913 bits per heavy atom. The Morgan fingerprint density at radius 3 is 2.17 bits per heavy atom. The van der Waals surface area contributed by atoms with Crippen molar-refractivity contribution in [3.8, 4) is 0 Å². The highest BCUT2D eigenvalue weighted by Gasteiger charge is 2.32. The molecule has 2 rings (SSSR count). The van der Waals surface area contributed by atoms with Gasteiger partial charge in [0.15, 0.2) is 0 Å². The third-order valence-corrected chi connectivity index (χ3v) is 5.18. The van der Waals surface area contributed by atoms with E-state index < -0.39 is 12.1 Å². The van der Waals surface area contributed by atoms with Crippen molar-refractivity contribution >= 4 is 17.7 Å². The van der Waals surface area contributed by atoms with Gasteiger partial charge in [-0.2, -0.15) is 0 Å². The second kappa shape index (κ2) is 8.43. The van der Waals surface area contributed by atoms with Gasteiger partial charge in [-0.15, -0.1) is 0 Å². The maximum absolute atomic E-state index is 12.3. The summed E-state index contributed by atoms with van der Waals surface area (Å²) in [5.41, 5.74) is 0. The van der Waals surface area contributed by atoms with Gasteiger partial charge in [-0.05, 0) is 38.5 Å². The average molecular weight is 325 g/mol. The van der Waals surface area contributed by atoms with E-state index in [-0.39, 0.29) is 42.4 Å². The fourth-order valence-corrected chi connectivity index (χ4v) is 3.72. The number of carboxylic acid groups (broad SMARTS) is 1. The van der Waals surface area contributed by atoms with E-state index in [2.05, 4.69) is 5.32 Å². The van der Waals surface area contributed by atoms with E-state index in [4.69, 9.17) is 5.11 Å². The standard InChI is InChI=1S/C17H27NO5/c19-14(9-10-16(21)22)11-5-7-12(8-6-11)18-17(23)13-3-1-2-4-15(13)20/h11-13,15,20H,1-10H2,(H,18,23)(H,21,22). The number of hydrogen-bond donors (Lipinski definition) is 3. The number of carbonyl (C=O) groups excluding carboxylic acids is 2. The highest BCUT2D eigenvalue weighted by molar-refractivity contribution is 5.84. The van der Waals surface area contributed by atoms with Crippen LogP contribution >= 0.6 is 0 Å². The Morgan fingerprint density at radius 2 is 1.57 bits per heavy atom. The van der Waals surface area contributed by atoms with Crippen LogP contribution in [0.2, 0.25) is 0 Å². The van der Waals surface area contributed by atoms with Gasteiger partial charge in [0.1, 0.15) is 5.78 Å². The molecule has 6 heteroatoms. The molecule has 0 heterocycles. The van der Waals surface area contributed by atoms with E-state index >= 15 is 0 Å². The molecule has 0 saturated heterocycles. The first-order chi connectivity index (χ1) is 11.0. The van der Waals surface area contributed by atoms with Crippen molar-refractivity contribution in [2.75, 3.05) is 0 Å². The van der Waals surface area contributed by atoms with Crippen LogP contribution in [-0.2, 0) is 14.4 Å². The smallest absolute Gasteiger partial charge is 0.303 e. The van der Waals surface area contributed by atoms with Gasteiger partial charge in [-0.25, -0.2) is 0 Å². The maximum Gasteiger partial charge on any atom is 0.303 e. The van der Waals surface area contributed by atoms with E-state index in [0.29, 0.717) is 19.3 Å². The van der Waals surface area contributed by atoms with Gasteiger partial charge in [0.2, 0.25) is 5.91 Å². The number of aliphatic carboxylic acids is 1. The molecule has 0 aromatic heterocycles. The third-order valence-electron chi connectivity index (χ3n) is 5.18. The van der Waals surface area contributed by atoms with Crippen LogP contribution in [0.25, 0.3) is 0 Å². The Balaban J connectivity index is 1.72. The first-order valence-corrected chi connectivity index (χ1v) is 8.70. The molecular formula is C17H27NO5. The first kappa shape index (κ1) is 17.9. The number of hydrogen-bond acceptors (Lipinski definition) is 4. The third kappa shape index (κ3) is 5.30. The zero-order valence-corrected chi connectivity index (χ0v) is 13.5. The number of carboxylic acids is 1. The van der Waals surface area contributed by atoms with Crippen LogP contribution in [0.15, 0.2) is 0 Å². The van der Waals surface area contributed by atoms with Crippen molar-refractivity contribution in [1.29, 1.82) is 0 Å². The van der Waals surface area contributed by atoms with Gasteiger partial charge in [-0.1, -0.05) is 12.8 Å². The van der Waals surface area contributed by atoms with E-state index in [1.807, 2.05) is 0 Å². The van der Waals surface area contributed by atoms with Crippen LogP contribution in [-0.4, -0.2) is 40.0 Å². The summed E-state index contributed by atoms with van der Waals surface area (Å²) in [6, 6.07) is 0.0696. The highest BCUT2D eigenvalue weighted by atomic mass is 16.4. The Labute approximate surface area is 136 Å². The van der Waals surface area contributed by atoms with E-state index in [9.17, 15) is 19.5 Å². The van der Waals surface area contributed by atoms with Crippen LogP contribution in [0.5, 0.6) is 0 Å². The number of nitrogens with one attached hydrogen (secondary N) is 1. The number of ketones is 1. The molecule has 0 aromatic rings. The molecule has 2 aliphatic rings. The monoisotopic (exact) mass is 325 g/mol. The minimum absolute atomic E-state index is 0.0277. The molecule has 2 fully saturated rings. The molecule has 3 N–H and O–H groups in total. The van der Waals surface area contributed by atoms with Crippen molar-refractivity contribution in [3.63, 3.8) is 0 Å². The number of aliphatic hydroxyl groups excluding tert-OH is 1. The summed E-state index contributed by atoms with van der Waals surface area (Å²) in [6.07, 6.45) is 5.79. The van der Waals surface area contributed by atoms with Crippen molar-refractivity contribution in [3.05, 3.63) is 0 Å². The quantitative estimate of drug-likeness (QED) is 0.689. The van der Waals surface area contributed by atoms with Crippen molar-refractivity contribution < 1.29 is 24.6 Å². The minimum atomic E-state index is -0.940. The fourth-order valence-electron chi connectivity index (χ4n) is 3.72. The van der Waals surface area contributed by atoms with Crippen LogP contribution in [0.1, 0.15) is 64.2 Å². The second-order valence-corrected chi connectivity index (χ2v) is 6.88. The molecule has 130 valence electrons. The molecule has 2 saturated carbocycles. The zero-order chi connectivity index (χ0) is 16.8. The Hall–Kier alpha value is -1.43. The SMILES string of the molecule is O=C(O)CCC(=O)C1CCC(NC(=O)C2CCCCC2O)CC1. The predicted molar refractivity (Wildman–Crippen MR) is 83.7 cm³/mol. The van der Waals surface area contributed by atoms with Gasteiger partial charge in [-0.3, -0.25) is 14.4 Å². The van der Waals surface area contributed by atoms with Crippen LogP contribution in [0, 0.1) is 11.8 Å². The lowest BCUT2D eigenvalue weighted by atomic mass is 9.81. The molecule has 6 nitrogen and oxygen atoms in total. The largest absolute Gasteiger partial charge is 0.481 e. The topological polar surface area (TPSA) is 104 Å². The molecule has 0 bridgehead atoms. The Kier molecular flexibility index (Phi) is 6.57. The van der Waals surface area contributed by atoms with E-state index in [1.54, 1.807) is 0 Å². The van der Waals surface area contributed by atoms with E-state index in [0.717, 1.165) is 32.1 Å². The van der Waals surface area contributed by atoms with Gasteiger partial charge < -0.3 is 15.5 Å². The van der Waals surface area contributed by atoms with Crippen molar-refractivity contribution in [1.82, 2.24) is 5.32 Å². The lowest BCUT2D eigenvalue weighted by Crippen LogP contribution is -2.45. The molecule has 0 radical (unpaired) electrons. The van der Waals surface area contributed by atoms with Gasteiger partial charge in [0, 0.05) is 18.4 Å². The van der Waals surface area contributed by atoms with Gasteiger partial charge >= 0.3 is 5.97 Å². The summed E-state index contributed by atoms with van der Waals surface area (Å²) in [4.78, 5) is 34.7. The summed E-state index contributed by atoms with van der Waals surface area (Å²) in [5.74, 6) is -1.33. The first-order valence-electron chi connectivity index (χ1n) is 8.70. The summed E-state index contributed by atoms with van der Waals surface area (Å²) < 4.78 is 0. The molecule has 1 amide bonds. The molecule has 2 aliphatic carbocycles. The lowest BCUT2D eigenvalue weighted by molar-refractivity contribution is -0.139. The van der Waals surface area contributed by atoms with Gasteiger partial charge in [0.25, 0.3) is 0 Å². The zero-order valence-electron chi connectivity index (χ0n) is 13.5. The summed E-state index contributed by atoms with van der Waals surface area (Å²) in [5, 5.41) is 21.6. The molecule has 0 aliphatic heterocycles. The number of carbonyl (C=O) groups is 3. The van der Waals surface area contributed by atoms with E-state index in [1.165, 1.54) is 0 Å². The second-order valence-electron chi connectivity index (χ2n) is 6.88.